The minimum absolute atomic E-state index is 0.0653. The number of hydrogen-bond acceptors (Lipinski definition) is 5. The van der Waals surface area contributed by atoms with E-state index in [2.05, 4.69) is 15.3 Å². The van der Waals surface area contributed by atoms with E-state index in [-0.39, 0.29) is 6.42 Å². The smallest absolute Gasteiger partial charge is 0.355 e. The van der Waals surface area contributed by atoms with Crippen molar-refractivity contribution in [3.8, 4) is 11.4 Å². The Kier molecular flexibility index (Phi) is 3.94. The SMILES string of the molecule is CC1(C)CN(c2ccc3nnc(-c4ccsc4)n3n2)CCC1C(F)(F)F. The van der Waals surface area contributed by atoms with Gasteiger partial charge in [-0.15, -0.1) is 15.3 Å². The van der Waals surface area contributed by atoms with Crippen molar-refractivity contribution in [2.75, 3.05) is 18.0 Å². The first-order valence-electron chi connectivity index (χ1n) is 8.32. The first-order valence-corrected chi connectivity index (χ1v) is 9.27. The van der Waals surface area contributed by atoms with Gasteiger partial charge in [0, 0.05) is 24.0 Å². The molecule has 0 aromatic carbocycles. The van der Waals surface area contributed by atoms with Gasteiger partial charge in [0.1, 0.15) is 5.82 Å². The molecule has 0 spiro atoms. The topological polar surface area (TPSA) is 46.3 Å². The molecule has 0 saturated carbocycles. The quantitative estimate of drug-likeness (QED) is 0.665. The molecule has 0 N–H and O–H groups in total. The van der Waals surface area contributed by atoms with Crippen LogP contribution >= 0.6 is 11.3 Å². The van der Waals surface area contributed by atoms with Crippen molar-refractivity contribution in [3.63, 3.8) is 0 Å². The summed E-state index contributed by atoms with van der Waals surface area (Å²) in [6.07, 6.45) is -4.11. The van der Waals surface area contributed by atoms with Gasteiger partial charge >= 0.3 is 6.18 Å². The van der Waals surface area contributed by atoms with Crippen LogP contribution in [0.2, 0.25) is 0 Å². The molecule has 0 bridgehead atoms. The van der Waals surface area contributed by atoms with Crippen LogP contribution < -0.4 is 4.90 Å². The van der Waals surface area contributed by atoms with Crippen molar-refractivity contribution >= 4 is 22.8 Å². The molecular weight excluding hydrogens is 363 g/mol. The van der Waals surface area contributed by atoms with E-state index >= 15 is 0 Å². The Labute approximate surface area is 152 Å². The summed E-state index contributed by atoms with van der Waals surface area (Å²) in [4.78, 5) is 1.92. The second-order valence-corrected chi connectivity index (χ2v) is 8.07. The normalized spacial score (nSPS) is 20.7. The standard InChI is InChI=1S/C17H18F3N5S/c1-16(2)10-24(7-5-12(16)17(18,19)20)14-4-3-13-21-22-15(25(13)23-14)11-6-8-26-9-11/h3-4,6,8-9,12H,5,7,10H2,1-2H3. The number of halogens is 3. The number of thiophene rings is 1. The van der Waals surface area contributed by atoms with Gasteiger partial charge in [-0.25, -0.2) is 0 Å². The average molecular weight is 381 g/mol. The molecule has 3 aromatic rings. The summed E-state index contributed by atoms with van der Waals surface area (Å²) in [6, 6.07) is 5.53. The molecule has 1 unspecified atom stereocenters. The van der Waals surface area contributed by atoms with Gasteiger partial charge in [-0.1, -0.05) is 13.8 Å². The van der Waals surface area contributed by atoms with E-state index in [0.29, 0.717) is 30.4 Å². The van der Waals surface area contributed by atoms with Gasteiger partial charge in [0.15, 0.2) is 11.5 Å². The summed E-state index contributed by atoms with van der Waals surface area (Å²) >= 11 is 1.56. The second kappa shape index (κ2) is 5.94. The van der Waals surface area contributed by atoms with Crippen LogP contribution in [0.1, 0.15) is 20.3 Å². The van der Waals surface area contributed by atoms with Crippen LogP contribution in [-0.2, 0) is 0 Å². The zero-order valence-electron chi connectivity index (χ0n) is 14.4. The predicted molar refractivity (Wildman–Crippen MR) is 94.3 cm³/mol. The van der Waals surface area contributed by atoms with Gasteiger partial charge < -0.3 is 4.90 Å². The largest absolute Gasteiger partial charge is 0.392 e. The molecule has 1 aliphatic heterocycles. The molecule has 26 heavy (non-hydrogen) atoms. The van der Waals surface area contributed by atoms with Crippen molar-refractivity contribution in [3.05, 3.63) is 29.0 Å². The summed E-state index contributed by atoms with van der Waals surface area (Å²) < 4.78 is 41.5. The fourth-order valence-electron chi connectivity index (χ4n) is 3.68. The number of hydrogen-bond donors (Lipinski definition) is 0. The van der Waals surface area contributed by atoms with Gasteiger partial charge in [-0.05, 0) is 35.4 Å². The molecule has 0 amide bonds. The highest BCUT2D eigenvalue weighted by Gasteiger charge is 2.51. The lowest BCUT2D eigenvalue weighted by Gasteiger charge is -2.45. The molecule has 4 heterocycles. The van der Waals surface area contributed by atoms with Crippen LogP contribution in [-0.4, -0.2) is 39.1 Å². The van der Waals surface area contributed by atoms with Crippen LogP contribution in [0, 0.1) is 11.3 Å². The Morgan fingerprint density at radius 3 is 2.65 bits per heavy atom. The number of alkyl halides is 3. The molecule has 1 fully saturated rings. The summed E-state index contributed by atoms with van der Waals surface area (Å²) in [5, 5.41) is 16.8. The fourth-order valence-corrected chi connectivity index (χ4v) is 4.31. The second-order valence-electron chi connectivity index (χ2n) is 7.29. The maximum absolute atomic E-state index is 13.3. The lowest BCUT2D eigenvalue weighted by atomic mass is 9.73. The van der Waals surface area contributed by atoms with E-state index in [9.17, 15) is 13.2 Å². The minimum atomic E-state index is -4.17. The Morgan fingerprint density at radius 1 is 1.19 bits per heavy atom. The first-order chi connectivity index (χ1) is 12.3. The minimum Gasteiger partial charge on any atom is -0.355 e. The molecule has 1 saturated heterocycles. The number of nitrogens with zero attached hydrogens (tertiary/aromatic N) is 5. The monoisotopic (exact) mass is 381 g/mol. The van der Waals surface area contributed by atoms with Crippen LogP contribution in [0.4, 0.5) is 19.0 Å². The van der Waals surface area contributed by atoms with Gasteiger partial charge in [-0.2, -0.15) is 29.0 Å². The summed E-state index contributed by atoms with van der Waals surface area (Å²) in [5.41, 5.74) is 0.652. The molecule has 9 heteroatoms. The fraction of sp³-hybridized carbons (Fsp3) is 0.471. The Bertz CT molecular complexity index is 916. The Hall–Kier alpha value is -2.16. The van der Waals surface area contributed by atoms with Crippen molar-refractivity contribution < 1.29 is 13.2 Å². The van der Waals surface area contributed by atoms with Crippen LogP contribution in [0.15, 0.2) is 29.0 Å². The van der Waals surface area contributed by atoms with Gasteiger partial charge in [0.25, 0.3) is 0 Å². The highest BCUT2D eigenvalue weighted by Crippen LogP contribution is 2.45. The maximum atomic E-state index is 13.3. The lowest BCUT2D eigenvalue weighted by Crippen LogP contribution is -2.51. The predicted octanol–water partition coefficient (Wildman–Crippen LogP) is 4.27. The number of aromatic nitrogens is 4. The highest BCUT2D eigenvalue weighted by molar-refractivity contribution is 7.08. The first kappa shape index (κ1) is 17.3. The zero-order chi connectivity index (χ0) is 18.5. The molecule has 5 nitrogen and oxygen atoms in total. The molecular formula is C17H18F3N5S. The summed E-state index contributed by atoms with van der Waals surface area (Å²) in [6.45, 7) is 3.96. The van der Waals surface area contributed by atoms with Gasteiger partial charge in [0.2, 0.25) is 0 Å². The van der Waals surface area contributed by atoms with E-state index in [1.54, 1.807) is 41.8 Å². The molecule has 1 atom stereocenters. The molecule has 0 aliphatic carbocycles. The molecule has 4 rings (SSSR count). The van der Waals surface area contributed by atoms with Gasteiger partial charge in [-0.3, -0.25) is 0 Å². The third kappa shape index (κ3) is 2.94. The Morgan fingerprint density at radius 2 is 2.00 bits per heavy atom. The molecule has 138 valence electrons. The number of piperidine rings is 1. The third-order valence-corrected chi connectivity index (χ3v) is 5.66. The van der Waals surface area contributed by atoms with E-state index < -0.39 is 17.5 Å². The molecule has 3 aromatic heterocycles. The summed E-state index contributed by atoms with van der Waals surface area (Å²) in [7, 11) is 0. The van der Waals surface area contributed by atoms with Crippen LogP contribution in [0.5, 0.6) is 0 Å². The average Bonchev–Trinajstić information content (AvgIpc) is 3.20. The van der Waals surface area contributed by atoms with E-state index in [0.717, 1.165) is 5.56 Å². The third-order valence-electron chi connectivity index (χ3n) is 4.98. The molecule has 0 radical (unpaired) electrons. The molecule has 1 aliphatic rings. The van der Waals surface area contributed by atoms with Crippen molar-refractivity contribution in [1.82, 2.24) is 19.8 Å². The summed E-state index contributed by atoms with van der Waals surface area (Å²) in [5.74, 6) is -0.0266. The van der Waals surface area contributed by atoms with Crippen LogP contribution in [0.3, 0.4) is 0 Å². The van der Waals surface area contributed by atoms with E-state index in [1.807, 2.05) is 21.7 Å². The lowest BCUT2D eigenvalue weighted by molar-refractivity contribution is -0.206. The van der Waals surface area contributed by atoms with Crippen LogP contribution in [0.25, 0.3) is 17.0 Å². The van der Waals surface area contributed by atoms with Crippen molar-refractivity contribution in [2.45, 2.75) is 26.4 Å². The van der Waals surface area contributed by atoms with Crippen molar-refractivity contribution in [1.29, 1.82) is 0 Å². The highest BCUT2D eigenvalue weighted by atomic mass is 32.1. The number of anilines is 1. The van der Waals surface area contributed by atoms with Crippen molar-refractivity contribution in [2.24, 2.45) is 11.3 Å². The number of rotatable bonds is 2. The zero-order valence-corrected chi connectivity index (χ0v) is 15.2. The van der Waals surface area contributed by atoms with E-state index in [1.165, 1.54) is 0 Å². The van der Waals surface area contributed by atoms with Gasteiger partial charge in [0.05, 0.1) is 5.92 Å². The maximum Gasteiger partial charge on any atom is 0.392 e. The number of fused-ring (bicyclic) bond motifs is 1. The Balaban J connectivity index is 1.67. The van der Waals surface area contributed by atoms with E-state index in [4.69, 9.17) is 0 Å².